The van der Waals surface area contributed by atoms with Crippen molar-refractivity contribution >= 4 is 22.5 Å². The van der Waals surface area contributed by atoms with E-state index in [2.05, 4.69) is 27.9 Å². The molecule has 3 nitrogen and oxygen atoms in total. The van der Waals surface area contributed by atoms with Crippen LogP contribution in [0.25, 0.3) is 10.9 Å². The lowest BCUT2D eigenvalue weighted by molar-refractivity contribution is 0.694. The summed E-state index contributed by atoms with van der Waals surface area (Å²) < 4.78 is 2.11. The van der Waals surface area contributed by atoms with Gasteiger partial charge in [-0.2, -0.15) is 0 Å². The molecule has 1 atom stereocenters. The molecule has 21 heavy (non-hydrogen) atoms. The molecule has 4 heteroatoms. The Hall–Kier alpha value is -1.84. The summed E-state index contributed by atoms with van der Waals surface area (Å²) in [6.07, 6.45) is 6.76. The molecule has 2 N–H and O–H groups in total. The van der Waals surface area contributed by atoms with Crippen LogP contribution in [0.4, 0.5) is 0 Å². The fourth-order valence-corrected chi connectivity index (χ4v) is 3.00. The number of halogens is 1. The fraction of sp³-hybridized carbons (Fsp3) is 0.235. The lowest BCUT2D eigenvalue weighted by Gasteiger charge is -2.14. The van der Waals surface area contributed by atoms with Gasteiger partial charge >= 0.3 is 0 Å². The van der Waals surface area contributed by atoms with Crippen molar-refractivity contribution in [3.8, 4) is 0 Å². The van der Waals surface area contributed by atoms with Crippen molar-refractivity contribution in [3.63, 3.8) is 0 Å². The molecular formula is C17H18ClN3. The van der Waals surface area contributed by atoms with Crippen molar-refractivity contribution in [2.24, 2.45) is 12.8 Å². The van der Waals surface area contributed by atoms with Gasteiger partial charge in [0.05, 0.1) is 0 Å². The number of rotatable bonds is 4. The fourth-order valence-electron chi connectivity index (χ4n) is 2.84. The Morgan fingerprint density at radius 1 is 1.33 bits per heavy atom. The van der Waals surface area contributed by atoms with Crippen LogP contribution in [0.3, 0.4) is 0 Å². The zero-order valence-corrected chi connectivity index (χ0v) is 12.7. The summed E-state index contributed by atoms with van der Waals surface area (Å²) in [6, 6.07) is 10.1. The van der Waals surface area contributed by atoms with Crippen LogP contribution >= 0.6 is 11.6 Å². The number of pyridine rings is 1. The lowest BCUT2D eigenvalue weighted by Crippen LogP contribution is -2.15. The molecule has 0 fully saturated rings. The predicted octanol–water partition coefficient (Wildman–Crippen LogP) is 3.51. The standard InChI is InChI=1S/C17H18ClN3/c1-21-11-16(15-5-4-14(18)8-17(15)21)13(9-19)7-12-3-2-6-20-10-12/h2-6,8,10-11,13H,7,9,19H2,1H3. The zero-order chi connectivity index (χ0) is 14.8. The smallest absolute Gasteiger partial charge is 0.0495 e. The molecule has 3 aromatic rings. The molecule has 1 aromatic carbocycles. The highest BCUT2D eigenvalue weighted by Crippen LogP contribution is 2.30. The van der Waals surface area contributed by atoms with Gasteiger partial charge in [0, 0.05) is 47.5 Å². The number of hydrogen-bond donors (Lipinski definition) is 1. The minimum absolute atomic E-state index is 0.277. The molecule has 0 aliphatic rings. The normalized spacial score (nSPS) is 12.7. The summed E-state index contributed by atoms with van der Waals surface area (Å²) in [5, 5.41) is 1.98. The van der Waals surface area contributed by atoms with Gasteiger partial charge in [0.15, 0.2) is 0 Å². The zero-order valence-electron chi connectivity index (χ0n) is 12.0. The molecule has 0 radical (unpaired) electrons. The molecule has 108 valence electrons. The second-order valence-electron chi connectivity index (χ2n) is 5.35. The van der Waals surface area contributed by atoms with Crippen LogP contribution in [0.2, 0.25) is 5.02 Å². The second kappa shape index (κ2) is 5.88. The van der Waals surface area contributed by atoms with E-state index in [1.54, 1.807) is 6.20 Å². The Labute approximate surface area is 129 Å². The number of aromatic nitrogens is 2. The first-order chi connectivity index (χ1) is 10.2. The summed E-state index contributed by atoms with van der Waals surface area (Å²) in [4.78, 5) is 4.18. The van der Waals surface area contributed by atoms with Gasteiger partial charge in [-0.3, -0.25) is 4.98 Å². The second-order valence-corrected chi connectivity index (χ2v) is 5.79. The maximum atomic E-state index is 6.10. The summed E-state index contributed by atoms with van der Waals surface area (Å²) in [7, 11) is 2.04. The first kappa shape index (κ1) is 14.1. The number of hydrogen-bond acceptors (Lipinski definition) is 2. The van der Waals surface area contributed by atoms with E-state index in [1.165, 1.54) is 16.5 Å². The molecule has 0 saturated heterocycles. The van der Waals surface area contributed by atoms with Gasteiger partial charge < -0.3 is 10.3 Å². The van der Waals surface area contributed by atoms with Gasteiger partial charge in [-0.05, 0) is 42.3 Å². The van der Waals surface area contributed by atoms with Crippen LogP contribution in [0.5, 0.6) is 0 Å². The topological polar surface area (TPSA) is 43.8 Å². The Morgan fingerprint density at radius 2 is 2.19 bits per heavy atom. The van der Waals surface area contributed by atoms with Gasteiger partial charge in [-0.1, -0.05) is 23.7 Å². The van der Waals surface area contributed by atoms with Crippen LogP contribution < -0.4 is 5.73 Å². The Balaban J connectivity index is 2.01. The van der Waals surface area contributed by atoms with Crippen LogP contribution in [0.1, 0.15) is 17.0 Å². The summed E-state index contributed by atoms with van der Waals surface area (Å²) >= 11 is 6.10. The van der Waals surface area contributed by atoms with Crippen molar-refractivity contribution in [2.75, 3.05) is 6.54 Å². The molecular weight excluding hydrogens is 282 g/mol. The molecule has 2 aromatic heterocycles. The third-order valence-electron chi connectivity index (χ3n) is 3.91. The molecule has 0 aliphatic heterocycles. The maximum absolute atomic E-state index is 6.10. The van der Waals surface area contributed by atoms with Crippen LogP contribution in [-0.4, -0.2) is 16.1 Å². The minimum atomic E-state index is 0.277. The van der Waals surface area contributed by atoms with Crippen LogP contribution in [-0.2, 0) is 13.5 Å². The van der Waals surface area contributed by atoms with Gasteiger partial charge in [0.2, 0.25) is 0 Å². The van der Waals surface area contributed by atoms with Crippen molar-refractivity contribution in [1.29, 1.82) is 0 Å². The average Bonchev–Trinajstić information content (AvgIpc) is 2.82. The molecule has 1 unspecified atom stereocenters. The SMILES string of the molecule is Cn1cc(C(CN)Cc2cccnc2)c2ccc(Cl)cc21. The Bertz CT molecular complexity index is 749. The summed E-state index contributed by atoms with van der Waals surface area (Å²) in [6.45, 7) is 0.608. The van der Waals surface area contributed by atoms with E-state index in [4.69, 9.17) is 17.3 Å². The van der Waals surface area contributed by atoms with Gasteiger partial charge in [-0.25, -0.2) is 0 Å². The molecule has 0 aliphatic carbocycles. The third kappa shape index (κ3) is 2.80. The van der Waals surface area contributed by atoms with E-state index < -0.39 is 0 Å². The first-order valence-electron chi connectivity index (χ1n) is 7.02. The van der Waals surface area contributed by atoms with E-state index >= 15 is 0 Å². The highest BCUT2D eigenvalue weighted by atomic mass is 35.5. The van der Waals surface area contributed by atoms with Gasteiger partial charge in [0.1, 0.15) is 0 Å². The number of benzene rings is 1. The maximum Gasteiger partial charge on any atom is 0.0495 e. The Kier molecular flexibility index (Phi) is 3.95. The Morgan fingerprint density at radius 3 is 2.90 bits per heavy atom. The summed E-state index contributed by atoms with van der Waals surface area (Å²) in [5.41, 5.74) is 9.65. The van der Waals surface area contributed by atoms with Crippen LogP contribution in [0.15, 0.2) is 48.9 Å². The third-order valence-corrected chi connectivity index (χ3v) is 4.15. The van der Waals surface area contributed by atoms with Crippen molar-refractivity contribution in [1.82, 2.24) is 9.55 Å². The van der Waals surface area contributed by atoms with E-state index in [9.17, 15) is 0 Å². The highest BCUT2D eigenvalue weighted by Gasteiger charge is 2.16. The molecule has 0 spiro atoms. The van der Waals surface area contributed by atoms with E-state index in [0.717, 1.165) is 17.0 Å². The van der Waals surface area contributed by atoms with Gasteiger partial charge in [0.25, 0.3) is 0 Å². The minimum Gasteiger partial charge on any atom is -0.350 e. The molecule has 0 amide bonds. The number of aryl methyl sites for hydroxylation is 1. The largest absolute Gasteiger partial charge is 0.350 e. The number of fused-ring (bicyclic) bond motifs is 1. The first-order valence-corrected chi connectivity index (χ1v) is 7.40. The van der Waals surface area contributed by atoms with Crippen molar-refractivity contribution in [2.45, 2.75) is 12.3 Å². The van der Waals surface area contributed by atoms with E-state index in [-0.39, 0.29) is 5.92 Å². The molecule has 0 bridgehead atoms. The van der Waals surface area contributed by atoms with Gasteiger partial charge in [-0.15, -0.1) is 0 Å². The molecule has 3 rings (SSSR count). The van der Waals surface area contributed by atoms with Crippen molar-refractivity contribution in [3.05, 3.63) is 65.1 Å². The molecule has 0 saturated carbocycles. The summed E-state index contributed by atoms with van der Waals surface area (Å²) in [5.74, 6) is 0.277. The monoisotopic (exact) mass is 299 g/mol. The number of nitrogens with zero attached hydrogens (tertiary/aromatic N) is 2. The predicted molar refractivity (Wildman–Crippen MR) is 87.7 cm³/mol. The van der Waals surface area contributed by atoms with E-state index in [0.29, 0.717) is 6.54 Å². The van der Waals surface area contributed by atoms with Crippen LogP contribution in [0, 0.1) is 0 Å². The van der Waals surface area contributed by atoms with E-state index in [1.807, 2.05) is 31.4 Å². The lowest BCUT2D eigenvalue weighted by atomic mass is 9.92. The molecule has 2 heterocycles. The highest BCUT2D eigenvalue weighted by molar-refractivity contribution is 6.31. The average molecular weight is 300 g/mol. The number of nitrogens with two attached hydrogens (primary N) is 1. The van der Waals surface area contributed by atoms with Crippen molar-refractivity contribution < 1.29 is 0 Å². The quantitative estimate of drug-likeness (QED) is 0.801.